The van der Waals surface area contributed by atoms with E-state index in [4.69, 9.17) is 9.47 Å². The van der Waals surface area contributed by atoms with Crippen molar-refractivity contribution in [3.05, 3.63) is 22.8 Å². The molecule has 1 heterocycles. The molecule has 4 heteroatoms. The first kappa shape index (κ1) is 14.2. The number of rotatable bonds is 5. The van der Waals surface area contributed by atoms with Gasteiger partial charge in [-0.2, -0.15) is 0 Å². The van der Waals surface area contributed by atoms with Gasteiger partial charge in [0.1, 0.15) is 11.5 Å². The SMILES string of the molecule is COc1cc(CNC2CCNC2)c(OC)c(C)c1C. The van der Waals surface area contributed by atoms with Crippen LogP contribution in [0.5, 0.6) is 11.5 Å². The summed E-state index contributed by atoms with van der Waals surface area (Å²) in [6, 6.07) is 2.63. The average Bonchev–Trinajstić information content (AvgIpc) is 2.93. The lowest BCUT2D eigenvalue weighted by atomic mass is 10.0. The van der Waals surface area contributed by atoms with Crippen molar-refractivity contribution < 1.29 is 9.47 Å². The molecule has 1 aromatic carbocycles. The molecule has 0 radical (unpaired) electrons. The van der Waals surface area contributed by atoms with Crippen molar-refractivity contribution in [1.29, 1.82) is 0 Å². The van der Waals surface area contributed by atoms with Crippen LogP contribution in [0.3, 0.4) is 0 Å². The standard InChI is InChI=1S/C15H24N2O2/c1-10-11(2)15(19-4)12(7-14(10)18-3)8-17-13-5-6-16-9-13/h7,13,16-17H,5-6,8-9H2,1-4H3. The molecule has 106 valence electrons. The fourth-order valence-electron chi connectivity index (χ4n) is 2.64. The zero-order valence-corrected chi connectivity index (χ0v) is 12.3. The third kappa shape index (κ3) is 3.01. The van der Waals surface area contributed by atoms with Crippen LogP contribution in [0.4, 0.5) is 0 Å². The van der Waals surface area contributed by atoms with Crippen molar-refractivity contribution in [3.63, 3.8) is 0 Å². The van der Waals surface area contributed by atoms with E-state index >= 15 is 0 Å². The molecule has 1 atom stereocenters. The Labute approximate surface area is 115 Å². The minimum Gasteiger partial charge on any atom is -0.496 e. The Bertz CT molecular complexity index is 440. The third-order valence-corrected chi connectivity index (χ3v) is 3.94. The Morgan fingerprint density at radius 1 is 1.26 bits per heavy atom. The van der Waals surface area contributed by atoms with Crippen LogP contribution in [0.1, 0.15) is 23.1 Å². The number of nitrogens with one attached hydrogen (secondary N) is 2. The van der Waals surface area contributed by atoms with Gasteiger partial charge in [0.15, 0.2) is 0 Å². The minimum atomic E-state index is 0.553. The molecule has 0 aliphatic carbocycles. The average molecular weight is 264 g/mol. The molecule has 2 N–H and O–H groups in total. The molecule has 2 rings (SSSR count). The zero-order chi connectivity index (χ0) is 13.8. The van der Waals surface area contributed by atoms with Gasteiger partial charge in [-0.1, -0.05) is 0 Å². The van der Waals surface area contributed by atoms with E-state index in [-0.39, 0.29) is 0 Å². The fourth-order valence-corrected chi connectivity index (χ4v) is 2.64. The maximum absolute atomic E-state index is 5.56. The lowest BCUT2D eigenvalue weighted by molar-refractivity contribution is 0.390. The molecular weight excluding hydrogens is 240 g/mol. The molecule has 19 heavy (non-hydrogen) atoms. The fraction of sp³-hybridized carbons (Fsp3) is 0.600. The predicted molar refractivity (Wildman–Crippen MR) is 77.1 cm³/mol. The highest BCUT2D eigenvalue weighted by Gasteiger charge is 2.17. The van der Waals surface area contributed by atoms with Crippen molar-refractivity contribution in [1.82, 2.24) is 10.6 Å². The van der Waals surface area contributed by atoms with E-state index in [1.165, 1.54) is 6.42 Å². The summed E-state index contributed by atoms with van der Waals surface area (Å²) < 4.78 is 11.0. The number of methoxy groups -OCH3 is 2. The predicted octanol–water partition coefficient (Wildman–Crippen LogP) is 1.77. The molecule has 0 aromatic heterocycles. The zero-order valence-electron chi connectivity index (χ0n) is 12.3. The van der Waals surface area contributed by atoms with Gasteiger partial charge < -0.3 is 20.1 Å². The summed E-state index contributed by atoms with van der Waals surface area (Å²) in [6.45, 7) is 7.11. The second-order valence-electron chi connectivity index (χ2n) is 5.09. The molecule has 1 saturated heterocycles. The molecular formula is C15H24N2O2. The summed E-state index contributed by atoms with van der Waals surface area (Å²) in [5.41, 5.74) is 3.46. The largest absolute Gasteiger partial charge is 0.496 e. The van der Waals surface area contributed by atoms with Crippen LogP contribution in [-0.2, 0) is 6.54 Å². The van der Waals surface area contributed by atoms with Crippen LogP contribution < -0.4 is 20.1 Å². The Kier molecular flexibility index (Phi) is 4.66. The summed E-state index contributed by atoms with van der Waals surface area (Å²) in [5.74, 6) is 1.90. The molecule has 1 aliphatic rings. The Hall–Kier alpha value is -1.26. The Balaban J connectivity index is 2.19. The second kappa shape index (κ2) is 6.26. The van der Waals surface area contributed by atoms with Crippen LogP contribution in [0.25, 0.3) is 0 Å². The monoisotopic (exact) mass is 264 g/mol. The molecule has 1 aliphatic heterocycles. The summed E-state index contributed by atoms with van der Waals surface area (Å²) in [4.78, 5) is 0. The van der Waals surface area contributed by atoms with Crippen molar-refractivity contribution in [2.75, 3.05) is 27.3 Å². The van der Waals surface area contributed by atoms with Gasteiger partial charge in [-0.3, -0.25) is 0 Å². The number of benzene rings is 1. The van der Waals surface area contributed by atoms with Gasteiger partial charge >= 0.3 is 0 Å². The van der Waals surface area contributed by atoms with Crippen molar-refractivity contribution in [2.24, 2.45) is 0 Å². The number of hydrogen-bond acceptors (Lipinski definition) is 4. The molecule has 1 fully saturated rings. The molecule has 0 saturated carbocycles. The van der Waals surface area contributed by atoms with Crippen LogP contribution in [-0.4, -0.2) is 33.4 Å². The van der Waals surface area contributed by atoms with E-state index < -0.39 is 0 Å². The first-order valence-electron chi connectivity index (χ1n) is 6.82. The van der Waals surface area contributed by atoms with E-state index in [2.05, 4.69) is 30.5 Å². The Morgan fingerprint density at radius 2 is 2.05 bits per heavy atom. The molecule has 1 aromatic rings. The van der Waals surface area contributed by atoms with Gasteiger partial charge in [-0.15, -0.1) is 0 Å². The van der Waals surface area contributed by atoms with Gasteiger partial charge in [0.25, 0.3) is 0 Å². The molecule has 0 bridgehead atoms. The van der Waals surface area contributed by atoms with Crippen LogP contribution >= 0.6 is 0 Å². The van der Waals surface area contributed by atoms with Crippen molar-refractivity contribution in [2.45, 2.75) is 32.9 Å². The minimum absolute atomic E-state index is 0.553. The molecule has 0 spiro atoms. The van der Waals surface area contributed by atoms with Gasteiger partial charge in [-0.25, -0.2) is 0 Å². The number of hydrogen-bond donors (Lipinski definition) is 2. The molecule has 1 unspecified atom stereocenters. The van der Waals surface area contributed by atoms with E-state index in [1.807, 2.05) is 0 Å². The van der Waals surface area contributed by atoms with Gasteiger partial charge in [0, 0.05) is 24.7 Å². The topological polar surface area (TPSA) is 42.5 Å². The quantitative estimate of drug-likeness (QED) is 0.850. The Morgan fingerprint density at radius 3 is 2.63 bits per heavy atom. The highest BCUT2D eigenvalue weighted by molar-refractivity contribution is 5.52. The summed E-state index contributed by atoms with van der Waals surface area (Å²) >= 11 is 0. The maximum atomic E-state index is 5.56. The van der Waals surface area contributed by atoms with Crippen LogP contribution in [0.15, 0.2) is 6.07 Å². The van der Waals surface area contributed by atoms with Gasteiger partial charge in [0.05, 0.1) is 14.2 Å². The van der Waals surface area contributed by atoms with Gasteiger partial charge in [0.2, 0.25) is 0 Å². The summed E-state index contributed by atoms with van der Waals surface area (Å²) in [7, 11) is 3.45. The highest BCUT2D eigenvalue weighted by atomic mass is 16.5. The summed E-state index contributed by atoms with van der Waals surface area (Å²) in [6.07, 6.45) is 1.18. The van der Waals surface area contributed by atoms with E-state index in [0.29, 0.717) is 6.04 Å². The van der Waals surface area contributed by atoms with Gasteiger partial charge in [-0.05, 0) is 44.0 Å². The van der Waals surface area contributed by atoms with Crippen molar-refractivity contribution in [3.8, 4) is 11.5 Å². The molecule has 0 amide bonds. The van der Waals surface area contributed by atoms with E-state index in [0.717, 1.165) is 47.8 Å². The highest BCUT2D eigenvalue weighted by Crippen LogP contribution is 2.33. The third-order valence-electron chi connectivity index (χ3n) is 3.94. The lowest BCUT2D eigenvalue weighted by Crippen LogP contribution is -2.30. The lowest BCUT2D eigenvalue weighted by Gasteiger charge is -2.18. The summed E-state index contributed by atoms with van der Waals surface area (Å²) in [5, 5.41) is 6.93. The van der Waals surface area contributed by atoms with E-state index in [1.54, 1.807) is 14.2 Å². The maximum Gasteiger partial charge on any atom is 0.126 e. The van der Waals surface area contributed by atoms with Crippen LogP contribution in [0.2, 0.25) is 0 Å². The second-order valence-corrected chi connectivity index (χ2v) is 5.09. The first-order valence-corrected chi connectivity index (χ1v) is 6.82. The van der Waals surface area contributed by atoms with Crippen LogP contribution in [0, 0.1) is 13.8 Å². The normalized spacial score (nSPS) is 18.6. The number of ether oxygens (including phenoxy) is 2. The first-order chi connectivity index (χ1) is 9.17. The smallest absolute Gasteiger partial charge is 0.126 e. The van der Waals surface area contributed by atoms with Crippen molar-refractivity contribution >= 4 is 0 Å². The van der Waals surface area contributed by atoms with E-state index in [9.17, 15) is 0 Å². The molecule has 4 nitrogen and oxygen atoms in total.